The second-order valence-corrected chi connectivity index (χ2v) is 4.04. The summed E-state index contributed by atoms with van der Waals surface area (Å²) >= 11 is 0. The van der Waals surface area contributed by atoms with Crippen LogP contribution in [0.1, 0.15) is 12.8 Å². The predicted octanol–water partition coefficient (Wildman–Crippen LogP) is 2.30. The van der Waals surface area contributed by atoms with E-state index in [0.717, 1.165) is 18.2 Å². The Hall–Kier alpha value is -1.65. The lowest BCUT2D eigenvalue weighted by Crippen LogP contribution is -2.38. The zero-order valence-electron chi connectivity index (χ0n) is 9.28. The van der Waals surface area contributed by atoms with E-state index >= 15 is 0 Å². The van der Waals surface area contributed by atoms with Crippen molar-refractivity contribution < 1.29 is 23.0 Å². The molecule has 0 bridgehead atoms. The zero-order chi connectivity index (χ0) is 12.4. The molecule has 17 heavy (non-hydrogen) atoms. The normalized spacial score (nSPS) is 22.8. The highest BCUT2D eigenvalue weighted by Crippen LogP contribution is 2.32. The van der Waals surface area contributed by atoms with Gasteiger partial charge in [-0.25, -0.2) is 8.78 Å². The fourth-order valence-corrected chi connectivity index (χ4v) is 1.81. The van der Waals surface area contributed by atoms with Gasteiger partial charge in [-0.1, -0.05) is 0 Å². The van der Waals surface area contributed by atoms with Crippen molar-refractivity contribution in [1.29, 1.82) is 0 Å². The highest BCUT2D eigenvalue weighted by Gasteiger charge is 2.36. The van der Waals surface area contributed by atoms with Gasteiger partial charge in [-0.05, 0) is 12.8 Å². The lowest BCUT2D eigenvalue weighted by atomic mass is 9.82. The average Bonchev–Trinajstić information content (AvgIpc) is 2.20. The van der Waals surface area contributed by atoms with Crippen LogP contribution >= 0.6 is 0 Å². The van der Waals surface area contributed by atoms with Gasteiger partial charge < -0.3 is 9.47 Å². The summed E-state index contributed by atoms with van der Waals surface area (Å²) < 4.78 is 35.7. The predicted molar refractivity (Wildman–Crippen MR) is 55.5 cm³/mol. The van der Waals surface area contributed by atoms with Gasteiger partial charge >= 0.3 is 5.97 Å². The molecular weight excluding hydrogens is 230 g/mol. The SMILES string of the molecule is COC(=O)[C@H]1C[C@H](Oc2cc(F)cc(F)c2)C1. The quantitative estimate of drug-likeness (QED) is 0.763. The molecule has 5 heteroatoms. The van der Waals surface area contributed by atoms with Gasteiger partial charge in [0.25, 0.3) is 0 Å². The highest BCUT2D eigenvalue weighted by molar-refractivity contribution is 5.73. The molecule has 0 spiro atoms. The van der Waals surface area contributed by atoms with Crippen LogP contribution in [-0.2, 0) is 9.53 Å². The molecule has 1 aromatic carbocycles. The molecule has 0 amide bonds. The number of esters is 1. The molecule has 0 aliphatic heterocycles. The number of rotatable bonds is 3. The summed E-state index contributed by atoms with van der Waals surface area (Å²) in [5.41, 5.74) is 0. The Morgan fingerprint density at radius 2 is 1.82 bits per heavy atom. The number of hydrogen-bond donors (Lipinski definition) is 0. The van der Waals surface area contributed by atoms with Gasteiger partial charge in [-0.15, -0.1) is 0 Å². The van der Waals surface area contributed by atoms with Crippen LogP contribution in [0.15, 0.2) is 18.2 Å². The Bertz CT molecular complexity index is 408. The van der Waals surface area contributed by atoms with E-state index < -0.39 is 11.6 Å². The van der Waals surface area contributed by atoms with Crippen LogP contribution in [0.5, 0.6) is 5.75 Å². The molecule has 0 aromatic heterocycles. The fraction of sp³-hybridized carbons (Fsp3) is 0.417. The van der Waals surface area contributed by atoms with Gasteiger partial charge in [-0.3, -0.25) is 4.79 Å². The maximum absolute atomic E-state index is 12.9. The molecule has 0 atom stereocenters. The Balaban J connectivity index is 1.89. The van der Waals surface area contributed by atoms with Crippen LogP contribution in [0, 0.1) is 17.6 Å². The number of carbonyl (C=O) groups is 1. The van der Waals surface area contributed by atoms with E-state index in [1.165, 1.54) is 7.11 Å². The van der Waals surface area contributed by atoms with Crippen molar-refractivity contribution in [3.63, 3.8) is 0 Å². The summed E-state index contributed by atoms with van der Waals surface area (Å²) in [6, 6.07) is 3.02. The number of methoxy groups -OCH3 is 1. The van der Waals surface area contributed by atoms with Crippen LogP contribution in [0.3, 0.4) is 0 Å². The molecule has 1 aromatic rings. The topological polar surface area (TPSA) is 35.5 Å². The Morgan fingerprint density at radius 1 is 1.24 bits per heavy atom. The van der Waals surface area contributed by atoms with Crippen molar-refractivity contribution in [1.82, 2.24) is 0 Å². The smallest absolute Gasteiger partial charge is 0.308 e. The van der Waals surface area contributed by atoms with Crippen molar-refractivity contribution in [2.24, 2.45) is 5.92 Å². The van der Waals surface area contributed by atoms with Crippen LogP contribution in [0.4, 0.5) is 8.78 Å². The molecule has 2 rings (SSSR count). The van der Waals surface area contributed by atoms with Gasteiger partial charge in [0.2, 0.25) is 0 Å². The van der Waals surface area contributed by atoms with Gasteiger partial charge in [0.15, 0.2) is 0 Å². The van der Waals surface area contributed by atoms with Crippen molar-refractivity contribution >= 4 is 5.97 Å². The Labute approximate surface area is 97.3 Å². The molecule has 3 nitrogen and oxygen atoms in total. The molecular formula is C12H12F2O3. The van der Waals surface area contributed by atoms with Crippen LogP contribution in [-0.4, -0.2) is 19.2 Å². The lowest BCUT2D eigenvalue weighted by molar-refractivity contribution is -0.151. The lowest BCUT2D eigenvalue weighted by Gasteiger charge is -2.33. The maximum Gasteiger partial charge on any atom is 0.308 e. The number of ether oxygens (including phenoxy) is 2. The Morgan fingerprint density at radius 3 is 2.35 bits per heavy atom. The Kier molecular flexibility index (Phi) is 3.26. The van der Waals surface area contributed by atoms with Gasteiger partial charge in [-0.2, -0.15) is 0 Å². The summed E-state index contributed by atoms with van der Waals surface area (Å²) in [4.78, 5) is 11.1. The third kappa shape index (κ3) is 2.72. The summed E-state index contributed by atoms with van der Waals surface area (Å²) in [7, 11) is 1.33. The first-order valence-corrected chi connectivity index (χ1v) is 5.29. The van der Waals surface area contributed by atoms with E-state index in [1.807, 2.05) is 0 Å². The van der Waals surface area contributed by atoms with Crippen molar-refractivity contribution in [3.8, 4) is 5.75 Å². The average molecular weight is 242 g/mol. The minimum absolute atomic E-state index is 0.149. The van der Waals surface area contributed by atoms with Crippen molar-refractivity contribution in [2.75, 3.05) is 7.11 Å². The van der Waals surface area contributed by atoms with E-state index in [4.69, 9.17) is 4.74 Å². The van der Waals surface area contributed by atoms with Crippen molar-refractivity contribution in [2.45, 2.75) is 18.9 Å². The minimum Gasteiger partial charge on any atom is -0.490 e. The van der Waals surface area contributed by atoms with E-state index in [1.54, 1.807) is 0 Å². The maximum atomic E-state index is 12.9. The molecule has 92 valence electrons. The standard InChI is InChI=1S/C12H12F2O3/c1-16-12(15)7-2-10(3-7)17-11-5-8(13)4-9(14)6-11/h4-7,10H,2-3H2,1H3/t7-,10-. The van der Waals surface area contributed by atoms with Crippen LogP contribution < -0.4 is 4.74 Å². The summed E-state index contributed by atoms with van der Waals surface area (Å²) in [5.74, 6) is -1.64. The molecule has 0 saturated heterocycles. The number of carbonyl (C=O) groups excluding carboxylic acids is 1. The molecule has 1 aliphatic rings. The highest BCUT2D eigenvalue weighted by atomic mass is 19.1. The van der Waals surface area contributed by atoms with Gasteiger partial charge in [0.1, 0.15) is 23.5 Å². The largest absolute Gasteiger partial charge is 0.490 e. The first-order chi connectivity index (χ1) is 8.08. The summed E-state index contributed by atoms with van der Waals surface area (Å²) in [6.07, 6.45) is 0.857. The molecule has 1 fully saturated rings. The third-order valence-electron chi connectivity index (χ3n) is 2.77. The molecule has 0 N–H and O–H groups in total. The number of hydrogen-bond acceptors (Lipinski definition) is 3. The fourth-order valence-electron chi connectivity index (χ4n) is 1.81. The van der Waals surface area contributed by atoms with E-state index in [2.05, 4.69) is 4.74 Å². The van der Waals surface area contributed by atoms with E-state index in [9.17, 15) is 13.6 Å². The summed E-state index contributed by atoms with van der Waals surface area (Å²) in [5, 5.41) is 0. The number of halogens is 2. The molecule has 0 unspecified atom stereocenters. The molecule has 1 aliphatic carbocycles. The molecule has 1 saturated carbocycles. The van der Waals surface area contributed by atoms with E-state index in [-0.39, 0.29) is 23.7 Å². The van der Waals surface area contributed by atoms with Crippen molar-refractivity contribution in [3.05, 3.63) is 29.8 Å². The molecule has 0 heterocycles. The third-order valence-corrected chi connectivity index (χ3v) is 2.77. The van der Waals surface area contributed by atoms with Crippen LogP contribution in [0.25, 0.3) is 0 Å². The first kappa shape index (κ1) is 11.8. The zero-order valence-corrected chi connectivity index (χ0v) is 9.28. The minimum atomic E-state index is -0.677. The monoisotopic (exact) mass is 242 g/mol. The van der Waals surface area contributed by atoms with E-state index in [0.29, 0.717) is 12.8 Å². The van der Waals surface area contributed by atoms with Gasteiger partial charge in [0.05, 0.1) is 13.0 Å². The van der Waals surface area contributed by atoms with Crippen LogP contribution in [0.2, 0.25) is 0 Å². The number of benzene rings is 1. The summed E-state index contributed by atoms with van der Waals surface area (Å²) in [6.45, 7) is 0. The molecule has 0 radical (unpaired) electrons. The first-order valence-electron chi connectivity index (χ1n) is 5.29. The second-order valence-electron chi connectivity index (χ2n) is 4.04. The van der Waals surface area contributed by atoms with Gasteiger partial charge in [0, 0.05) is 18.2 Å². The second kappa shape index (κ2) is 4.69.